The van der Waals surface area contributed by atoms with Crippen molar-refractivity contribution in [2.75, 3.05) is 0 Å². The Kier molecular flexibility index (Phi) is 3.05. The number of fused-ring (bicyclic) bond motifs is 1. The van der Waals surface area contributed by atoms with E-state index in [2.05, 4.69) is 23.2 Å². The van der Waals surface area contributed by atoms with Crippen molar-refractivity contribution in [1.29, 1.82) is 0 Å². The molecule has 0 radical (unpaired) electrons. The van der Waals surface area contributed by atoms with Gasteiger partial charge < -0.3 is 4.57 Å². The molecule has 0 saturated carbocycles. The summed E-state index contributed by atoms with van der Waals surface area (Å²) >= 11 is 5.75. The Balaban J connectivity index is 2.11. The van der Waals surface area contributed by atoms with Gasteiger partial charge in [-0.05, 0) is 16.3 Å². The topological polar surface area (TPSA) is 34.9 Å². The summed E-state index contributed by atoms with van der Waals surface area (Å²) in [5.41, 5.74) is 0.819. The van der Waals surface area contributed by atoms with Crippen molar-refractivity contribution in [2.24, 2.45) is 0 Å². The van der Waals surface area contributed by atoms with Crippen LogP contribution in [0.3, 0.4) is 0 Å². The lowest BCUT2D eigenvalue weighted by Gasteiger charge is -2.08. The second-order valence-electron chi connectivity index (χ2n) is 4.29. The Morgan fingerprint density at radius 3 is 2.79 bits per heavy atom. The summed E-state index contributed by atoms with van der Waals surface area (Å²) in [5, 5.41) is 2.31. The minimum absolute atomic E-state index is 0.00253. The first kappa shape index (κ1) is 11.9. The quantitative estimate of drug-likeness (QED) is 0.717. The van der Waals surface area contributed by atoms with Crippen molar-refractivity contribution in [2.45, 2.75) is 6.54 Å². The largest absolute Gasteiger partial charge is 0.307 e. The summed E-state index contributed by atoms with van der Waals surface area (Å²) in [7, 11) is 0. The van der Waals surface area contributed by atoms with Gasteiger partial charge in [-0.2, -0.15) is 0 Å². The smallest absolute Gasteiger partial charge is 0.288 e. The molecule has 0 bridgehead atoms. The van der Waals surface area contributed by atoms with Gasteiger partial charge in [0.2, 0.25) is 0 Å². The van der Waals surface area contributed by atoms with Gasteiger partial charge in [-0.3, -0.25) is 4.79 Å². The molecule has 19 heavy (non-hydrogen) atoms. The van der Waals surface area contributed by atoms with Crippen LogP contribution in [0.15, 0.2) is 59.7 Å². The van der Waals surface area contributed by atoms with Gasteiger partial charge >= 0.3 is 0 Å². The standard InChI is InChI=1S/C15H11ClN2O/c16-14-15(19)18(9-8-17-14)10-12-6-3-5-11-4-1-2-7-13(11)12/h1-9H,10H2. The molecule has 4 heteroatoms. The molecule has 0 aliphatic carbocycles. The molecule has 1 aromatic heterocycles. The van der Waals surface area contributed by atoms with Crippen LogP contribution in [0.4, 0.5) is 0 Å². The SMILES string of the molecule is O=c1c(Cl)nccn1Cc1cccc2ccccc12. The molecular weight excluding hydrogens is 260 g/mol. The zero-order valence-electron chi connectivity index (χ0n) is 10.1. The van der Waals surface area contributed by atoms with Gasteiger partial charge in [0.25, 0.3) is 5.56 Å². The second-order valence-corrected chi connectivity index (χ2v) is 4.65. The van der Waals surface area contributed by atoms with E-state index in [-0.39, 0.29) is 10.7 Å². The minimum atomic E-state index is -0.267. The van der Waals surface area contributed by atoms with Crippen LogP contribution in [-0.2, 0) is 6.54 Å². The molecule has 0 aliphatic heterocycles. The first-order valence-corrected chi connectivity index (χ1v) is 6.31. The number of hydrogen-bond donors (Lipinski definition) is 0. The Morgan fingerprint density at radius 1 is 1.11 bits per heavy atom. The lowest BCUT2D eigenvalue weighted by molar-refractivity contribution is 0.752. The van der Waals surface area contributed by atoms with Gasteiger partial charge in [0, 0.05) is 12.4 Å². The molecule has 94 valence electrons. The van der Waals surface area contributed by atoms with Crippen LogP contribution in [0.2, 0.25) is 5.15 Å². The van der Waals surface area contributed by atoms with Gasteiger partial charge in [0.1, 0.15) is 0 Å². The lowest BCUT2D eigenvalue weighted by atomic mass is 10.0. The highest BCUT2D eigenvalue weighted by molar-refractivity contribution is 6.29. The number of hydrogen-bond acceptors (Lipinski definition) is 2. The monoisotopic (exact) mass is 270 g/mol. The Morgan fingerprint density at radius 2 is 1.89 bits per heavy atom. The molecule has 0 atom stereocenters. The average molecular weight is 271 g/mol. The molecule has 0 aliphatic rings. The van der Waals surface area contributed by atoms with Crippen molar-refractivity contribution in [3.8, 4) is 0 Å². The van der Waals surface area contributed by atoms with Crippen molar-refractivity contribution >= 4 is 22.4 Å². The van der Waals surface area contributed by atoms with Crippen molar-refractivity contribution in [1.82, 2.24) is 9.55 Å². The fourth-order valence-electron chi connectivity index (χ4n) is 2.16. The number of rotatable bonds is 2. The second kappa shape index (κ2) is 4.86. The van der Waals surface area contributed by atoms with Crippen LogP contribution in [0.1, 0.15) is 5.56 Å². The van der Waals surface area contributed by atoms with Crippen LogP contribution in [0.5, 0.6) is 0 Å². The molecule has 0 spiro atoms. The summed E-state index contributed by atoms with van der Waals surface area (Å²) in [6.07, 6.45) is 3.19. The average Bonchev–Trinajstić information content (AvgIpc) is 2.44. The third-order valence-electron chi connectivity index (χ3n) is 3.09. The zero-order valence-corrected chi connectivity index (χ0v) is 10.8. The lowest BCUT2D eigenvalue weighted by Crippen LogP contribution is -2.21. The predicted molar refractivity (Wildman–Crippen MR) is 76.6 cm³/mol. The van der Waals surface area contributed by atoms with Crippen LogP contribution in [0, 0.1) is 0 Å². The fourth-order valence-corrected chi connectivity index (χ4v) is 2.32. The maximum atomic E-state index is 11.9. The van der Waals surface area contributed by atoms with E-state index in [0.717, 1.165) is 16.3 Å². The first-order valence-electron chi connectivity index (χ1n) is 5.93. The van der Waals surface area contributed by atoms with Gasteiger partial charge in [0.05, 0.1) is 6.54 Å². The normalized spacial score (nSPS) is 10.8. The van der Waals surface area contributed by atoms with Crippen molar-refractivity contribution < 1.29 is 0 Å². The van der Waals surface area contributed by atoms with E-state index in [0.29, 0.717) is 6.54 Å². The molecule has 0 saturated heterocycles. The highest BCUT2D eigenvalue weighted by Gasteiger charge is 2.05. The molecule has 0 unspecified atom stereocenters. The van der Waals surface area contributed by atoms with Crippen molar-refractivity contribution in [3.05, 3.63) is 75.9 Å². The van der Waals surface area contributed by atoms with E-state index in [1.807, 2.05) is 24.3 Å². The van der Waals surface area contributed by atoms with Crippen molar-refractivity contribution in [3.63, 3.8) is 0 Å². The summed E-state index contributed by atoms with van der Waals surface area (Å²) in [4.78, 5) is 15.7. The van der Waals surface area contributed by atoms with Crippen LogP contribution in [-0.4, -0.2) is 9.55 Å². The van der Waals surface area contributed by atoms with Gasteiger partial charge in [0.15, 0.2) is 5.15 Å². The van der Waals surface area contributed by atoms with E-state index < -0.39 is 0 Å². The number of aromatic nitrogens is 2. The zero-order chi connectivity index (χ0) is 13.2. The molecule has 3 nitrogen and oxygen atoms in total. The van der Waals surface area contributed by atoms with E-state index in [9.17, 15) is 4.79 Å². The van der Waals surface area contributed by atoms with E-state index in [4.69, 9.17) is 11.6 Å². The highest BCUT2D eigenvalue weighted by atomic mass is 35.5. The molecular formula is C15H11ClN2O. The number of benzene rings is 2. The van der Waals surface area contributed by atoms with Gasteiger partial charge in [-0.1, -0.05) is 54.1 Å². The maximum Gasteiger partial charge on any atom is 0.288 e. The van der Waals surface area contributed by atoms with E-state index in [1.165, 1.54) is 6.20 Å². The van der Waals surface area contributed by atoms with E-state index >= 15 is 0 Å². The Labute approximate surface area is 115 Å². The molecule has 0 fully saturated rings. The summed E-state index contributed by atoms with van der Waals surface area (Å²) in [6, 6.07) is 14.2. The minimum Gasteiger partial charge on any atom is -0.307 e. The van der Waals surface area contributed by atoms with E-state index in [1.54, 1.807) is 10.8 Å². The van der Waals surface area contributed by atoms with Gasteiger partial charge in [-0.25, -0.2) is 4.98 Å². The number of nitrogens with zero attached hydrogens (tertiary/aromatic N) is 2. The maximum absolute atomic E-state index is 11.9. The molecule has 1 heterocycles. The fraction of sp³-hybridized carbons (Fsp3) is 0.0667. The Hall–Kier alpha value is -2.13. The van der Waals surface area contributed by atoms with Crippen LogP contribution in [0.25, 0.3) is 10.8 Å². The Bertz CT molecular complexity index is 790. The third-order valence-corrected chi connectivity index (χ3v) is 3.35. The molecule has 2 aromatic carbocycles. The number of halogens is 1. The molecule has 3 rings (SSSR count). The third kappa shape index (κ3) is 2.25. The molecule has 3 aromatic rings. The first-order chi connectivity index (χ1) is 9.25. The summed E-state index contributed by atoms with van der Waals surface area (Å²) < 4.78 is 1.57. The van der Waals surface area contributed by atoms with Crippen LogP contribution >= 0.6 is 11.6 Å². The summed E-state index contributed by atoms with van der Waals surface area (Å²) in [6.45, 7) is 0.489. The summed E-state index contributed by atoms with van der Waals surface area (Å²) in [5.74, 6) is 0. The highest BCUT2D eigenvalue weighted by Crippen LogP contribution is 2.18. The molecule has 0 amide bonds. The molecule has 0 N–H and O–H groups in total. The van der Waals surface area contributed by atoms with Gasteiger partial charge in [-0.15, -0.1) is 0 Å². The predicted octanol–water partition coefficient (Wildman–Crippen LogP) is 3.10. The van der Waals surface area contributed by atoms with Crippen LogP contribution < -0.4 is 5.56 Å².